The molecule has 2 aromatic rings. The molecule has 4 rings (SSSR count). The maximum Gasteiger partial charge on any atom is 0.405 e. The number of alkyl halides is 4. The number of aromatic nitrogens is 3. The summed E-state index contributed by atoms with van der Waals surface area (Å²) in [4.78, 5) is 25.7. The summed E-state index contributed by atoms with van der Waals surface area (Å²) in [6.07, 6.45) is -4.18. The summed E-state index contributed by atoms with van der Waals surface area (Å²) in [6, 6.07) is 0.335. The van der Waals surface area contributed by atoms with Crippen molar-refractivity contribution in [1.29, 1.82) is 0 Å². The van der Waals surface area contributed by atoms with Gasteiger partial charge in [-0.15, -0.1) is 0 Å². The summed E-state index contributed by atoms with van der Waals surface area (Å²) in [5, 5.41) is 5.16. The molecule has 4 heterocycles. The lowest BCUT2D eigenvalue weighted by Crippen LogP contribution is -2.46. The van der Waals surface area contributed by atoms with Crippen LogP contribution >= 0.6 is 11.6 Å². The Hall–Kier alpha value is -2.76. The van der Waals surface area contributed by atoms with Crippen LogP contribution in [-0.4, -0.2) is 58.9 Å². The zero-order chi connectivity index (χ0) is 22.3. The monoisotopic (exact) mass is 462 g/mol. The number of carbonyl (C=O) groups is 1. The van der Waals surface area contributed by atoms with Crippen LogP contribution in [0.1, 0.15) is 23.7 Å². The third kappa shape index (κ3) is 4.48. The van der Waals surface area contributed by atoms with Gasteiger partial charge in [0.25, 0.3) is 0 Å². The summed E-state index contributed by atoms with van der Waals surface area (Å²) in [5.74, 6) is -1.99. The van der Waals surface area contributed by atoms with Crippen molar-refractivity contribution in [3.05, 3.63) is 40.7 Å². The summed E-state index contributed by atoms with van der Waals surface area (Å²) in [7, 11) is 0. The number of halogens is 6. The average Bonchev–Trinajstić information content (AvgIpc) is 3.29. The molecule has 2 aromatic heterocycles. The van der Waals surface area contributed by atoms with E-state index in [1.54, 1.807) is 11.4 Å². The van der Waals surface area contributed by atoms with Crippen molar-refractivity contribution in [2.45, 2.75) is 30.7 Å². The smallest absolute Gasteiger partial charge is 0.369 e. The van der Waals surface area contributed by atoms with Crippen LogP contribution in [0.2, 0.25) is 5.02 Å². The molecule has 1 unspecified atom stereocenters. The van der Waals surface area contributed by atoms with Crippen LogP contribution in [0.3, 0.4) is 0 Å². The second-order valence-corrected chi connectivity index (χ2v) is 7.70. The van der Waals surface area contributed by atoms with Crippen LogP contribution in [0.15, 0.2) is 18.5 Å². The van der Waals surface area contributed by atoms with Crippen molar-refractivity contribution >= 4 is 29.1 Å². The van der Waals surface area contributed by atoms with Gasteiger partial charge in [-0.1, -0.05) is 11.6 Å². The largest absolute Gasteiger partial charge is 0.405 e. The molecule has 0 bridgehead atoms. The molecule has 1 amide bonds. The van der Waals surface area contributed by atoms with E-state index in [2.05, 4.69) is 20.3 Å². The number of hydrogen-bond donors (Lipinski definition) is 2. The second kappa shape index (κ2) is 8.06. The summed E-state index contributed by atoms with van der Waals surface area (Å²) in [6.45, 7) is -1.59. The van der Waals surface area contributed by atoms with Gasteiger partial charge in [-0.25, -0.2) is 23.7 Å². The molecule has 0 radical (unpaired) electrons. The minimum Gasteiger partial charge on any atom is -0.369 e. The lowest BCUT2D eigenvalue weighted by Gasteiger charge is -2.25. The van der Waals surface area contributed by atoms with Gasteiger partial charge in [0, 0.05) is 24.7 Å². The molecule has 166 valence electrons. The fraction of sp³-hybridized carbons (Fsp3) is 0.444. The molecule has 7 nitrogen and oxygen atoms in total. The Kier molecular flexibility index (Phi) is 5.58. The Labute approximate surface area is 178 Å². The Morgan fingerprint density at radius 2 is 2.10 bits per heavy atom. The van der Waals surface area contributed by atoms with Crippen molar-refractivity contribution in [3.63, 3.8) is 0 Å². The van der Waals surface area contributed by atoms with Gasteiger partial charge in [0.1, 0.15) is 30.4 Å². The highest BCUT2D eigenvalue weighted by Crippen LogP contribution is 2.36. The quantitative estimate of drug-likeness (QED) is 0.680. The van der Waals surface area contributed by atoms with E-state index in [9.17, 15) is 26.7 Å². The van der Waals surface area contributed by atoms with E-state index in [1.165, 1.54) is 6.20 Å². The van der Waals surface area contributed by atoms with Gasteiger partial charge >= 0.3 is 6.18 Å². The number of anilines is 2. The molecule has 0 saturated carbocycles. The third-order valence-electron chi connectivity index (χ3n) is 5.08. The molecular formula is C18H16ClF5N6O. The van der Waals surface area contributed by atoms with Crippen molar-refractivity contribution in [2.24, 2.45) is 0 Å². The average molecular weight is 463 g/mol. The summed E-state index contributed by atoms with van der Waals surface area (Å²) < 4.78 is 65.9. The Morgan fingerprint density at radius 3 is 2.84 bits per heavy atom. The van der Waals surface area contributed by atoms with Crippen LogP contribution in [0.4, 0.5) is 33.6 Å². The summed E-state index contributed by atoms with van der Waals surface area (Å²) in [5.41, 5.74) is 0.689. The van der Waals surface area contributed by atoms with E-state index in [4.69, 9.17) is 11.6 Å². The molecule has 1 saturated heterocycles. The van der Waals surface area contributed by atoms with Crippen molar-refractivity contribution < 1.29 is 26.7 Å². The highest BCUT2D eigenvalue weighted by molar-refractivity contribution is 6.30. The Bertz CT molecular complexity index is 1010. The topological polar surface area (TPSA) is 83.0 Å². The summed E-state index contributed by atoms with van der Waals surface area (Å²) >= 11 is 6.00. The van der Waals surface area contributed by atoms with E-state index < -0.39 is 42.6 Å². The molecule has 2 aliphatic rings. The van der Waals surface area contributed by atoms with Crippen molar-refractivity contribution in [3.8, 4) is 0 Å². The fourth-order valence-electron chi connectivity index (χ4n) is 3.72. The molecule has 3 atom stereocenters. The number of nitrogens with one attached hydrogen (secondary N) is 2. The van der Waals surface area contributed by atoms with Gasteiger partial charge in [0.2, 0.25) is 5.91 Å². The normalized spacial score (nSPS) is 22.9. The lowest BCUT2D eigenvalue weighted by atomic mass is 10.0. The number of rotatable bonds is 4. The van der Waals surface area contributed by atoms with Crippen molar-refractivity contribution in [1.82, 2.24) is 20.3 Å². The van der Waals surface area contributed by atoms with Gasteiger partial charge < -0.3 is 15.5 Å². The Balaban J connectivity index is 1.62. The zero-order valence-electron chi connectivity index (χ0n) is 15.8. The number of hydrogen-bond acceptors (Lipinski definition) is 6. The molecule has 2 aliphatic heterocycles. The number of nitrogens with zero attached hydrogens (tertiary/aromatic N) is 4. The lowest BCUT2D eigenvalue weighted by molar-refractivity contribution is -0.139. The van der Waals surface area contributed by atoms with Gasteiger partial charge in [0.15, 0.2) is 11.6 Å². The molecule has 1 fully saturated rings. The first-order chi connectivity index (χ1) is 14.6. The molecule has 0 spiro atoms. The highest BCUT2D eigenvalue weighted by atomic mass is 35.5. The minimum absolute atomic E-state index is 0.184. The standard InChI is InChI=1S/C18H16ClF5N6O/c19-8-1-10-11(4-26-14(10)25-3-8)15-27-5-12(21)16(29-15)30-6-9(20)2-13(30)17(31)28-7-18(22,23)24/h1,3,5,9,11,13H,2,4,6-7H2,(H,25,26)(H,28,31)/t9-,11?,13-/m0/s1. The van der Waals surface area contributed by atoms with E-state index in [0.29, 0.717) is 22.9 Å². The fourth-order valence-corrected chi connectivity index (χ4v) is 3.89. The molecule has 31 heavy (non-hydrogen) atoms. The van der Waals surface area contributed by atoms with Gasteiger partial charge in [0.05, 0.1) is 23.7 Å². The highest BCUT2D eigenvalue weighted by Gasteiger charge is 2.41. The SMILES string of the molecule is O=C(NCC(F)(F)F)[C@@H]1C[C@H](F)CN1c1nc(C2CNc3ncc(Cl)cc32)ncc1F. The first kappa shape index (κ1) is 21.5. The molecular weight excluding hydrogens is 447 g/mol. The Morgan fingerprint density at radius 1 is 1.32 bits per heavy atom. The zero-order valence-corrected chi connectivity index (χ0v) is 16.5. The number of fused-ring (bicyclic) bond motifs is 1. The maximum absolute atomic E-state index is 14.6. The predicted octanol–water partition coefficient (Wildman–Crippen LogP) is 2.82. The maximum atomic E-state index is 14.6. The van der Waals surface area contributed by atoms with E-state index in [-0.39, 0.29) is 24.6 Å². The van der Waals surface area contributed by atoms with Crippen LogP contribution < -0.4 is 15.5 Å². The van der Waals surface area contributed by atoms with E-state index >= 15 is 0 Å². The predicted molar refractivity (Wildman–Crippen MR) is 101 cm³/mol. The van der Waals surface area contributed by atoms with E-state index in [1.807, 2.05) is 0 Å². The number of pyridine rings is 1. The van der Waals surface area contributed by atoms with Crippen LogP contribution in [0, 0.1) is 5.82 Å². The first-order valence-electron chi connectivity index (χ1n) is 9.29. The minimum atomic E-state index is -4.63. The van der Waals surface area contributed by atoms with E-state index in [0.717, 1.165) is 11.1 Å². The third-order valence-corrected chi connectivity index (χ3v) is 5.28. The molecule has 0 aromatic carbocycles. The molecule has 2 N–H and O–H groups in total. The molecule has 13 heteroatoms. The first-order valence-corrected chi connectivity index (χ1v) is 9.67. The van der Waals surface area contributed by atoms with Gasteiger partial charge in [-0.2, -0.15) is 13.2 Å². The molecule has 0 aliphatic carbocycles. The van der Waals surface area contributed by atoms with Crippen LogP contribution in [0.5, 0.6) is 0 Å². The second-order valence-electron chi connectivity index (χ2n) is 7.26. The van der Waals surface area contributed by atoms with Gasteiger partial charge in [-0.3, -0.25) is 4.79 Å². The number of amides is 1. The van der Waals surface area contributed by atoms with Crippen LogP contribution in [-0.2, 0) is 4.79 Å². The number of carbonyl (C=O) groups excluding carboxylic acids is 1. The van der Waals surface area contributed by atoms with Crippen molar-refractivity contribution in [2.75, 3.05) is 29.9 Å². The van der Waals surface area contributed by atoms with Gasteiger partial charge in [-0.05, 0) is 6.07 Å². The van der Waals surface area contributed by atoms with Crippen LogP contribution in [0.25, 0.3) is 0 Å².